The Kier molecular flexibility index (Phi) is 3.98. The minimum absolute atomic E-state index is 0.186. The van der Waals surface area contributed by atoms with Crippen molar-refractivity contribution in [3.8, 4) is 0 Å². The van der Waals surface area contributed by atoms with Crippen LogP contribution in [-0.2, 0) is 11.2 Å². The highest BCUT2D eigenvalue weighted by molar-refractivity contribution is 6.12. The molecule has 0 amide bonds. The van der Waals surface area contributed by atoms with Gasteiger partial charge < -0.3 is 9.15 Å². The molecule has 0 bridgehead atoms. The average molecular weight is 308 g/mol. The fourth-order valence-electron chi connectivity index (χ4n) is 2.70. The number of aryl methyl sites for hydroxylation is 1. The Bertz CT molecular complexity index is 875. The number of esters is 1. The SMILES string of the molecule is CCc1c(C(=O)c2ccccc2)oc2c(C(=O)OC)cccc12. The van der Waals surface area contributed by atoms with Crippen molar-refractivity contribution in [2.24, 2.45) is 0 Å². The molecule has 0 spiro atoms. The Labute approximate surface area is 133 Å². The van der Waals surface area contributed by atoms with Crippen LogP contribution in [0.1, 0.15) is 39.0 Å². The van der Waals surface area contributed by atoms with Crippen molar-refractivity contribution < 1.29 is 18.7 Å². The third-order valence-corrected chi connectivity index (χ3v) is 3.82. The number of furan rings is 1. The first kappa shape index (κ1) is 15.0. The van der Waals surface area contributed by atoms with Gasteiger partial charge in [0.2, 0.25) is 5.78 Å². The Morgan fingerprint density at radius 2 is 1.78 bits per heavy atom. The van der Waals surface area contributed by atoms with Gasteiger partial charge in [0, 0.05) is 16.5 Å². The topological polar surface area (TPSA) is 56.5 Å². The third kappa shape index (κ3) is 2.52. The Hall–Kier alpha value is -2.88. The van der Waals surface area contributed by atoms with E-state index in [4.69, 9.17) is 9.15 Å². The first-order valence-corrected chi connectivity index (χ1v) is 7.39. The fourth-order valence-corrected chi connectivity index (χ4v) is 2.70. The van der Waals surface area contributed by atoms with Gasteiger partial charge in [-0.05, 0) is 12.5 Å². The van der Waals surface area contributed by atoms with Gasteiger partial charge in [-0.3, -0.25) is 4.79 Å². The van der Waals surface area contributed by atoms with E-state index < -0.39 is 5.97 Å². The second-order valence-corrected chi connectivity index (χ2v) is 5.13. The van der Waals surface area contributed by atoms with Crippen LogP contribution >= 0.6 is 0 Å². The molecule has 0 saturated heterocycles. The number of para-hydroxylation sites is 1. The van der Waals surface area contributed by atoms with Crippen LogP contribution in [-0.4, -0.2) is 18.9 Å². The summed E-state index contributed by atoms with van der Waals surface area (Å²) in [7, 11) is 1.32. The van der Waals surface area contributed by atoms with Gasteiger partial charge in [-0.15, -0.1) is 0 Å². The summed E-state index contributed by atoms with van der Waals surface area (Å²) in [5, 5.41) is 0.773. The first-order valence-electron chi connectivity index (χ1n) is 7.39. The maximum absolute atomic E-state index is 12.7. The monoisotopic (exact) mass is 308 g/mol. The lowest BCUT2D eigenvalue weighted by Crippen LogP contribution is -2.02. The van der Waals surface area contributed by atoms with Gasteiger partial charge in [0.15, 0.2) is 5.76 Å². The summed E-state index contributed by atoms with van der Waals surface area (Å²) < 4.78 is 10.6. The molecule has 0 saturated carbocycles. The van der Waals surface area contributed by atoms with E-state index in [1.165, 1.54) is 7.11 Å². The van der Waals surface area contributed by atoms with Crippen LogP contribution in [0.3, 0.4) is 0 Å². The number of carbonyl (C=O) groups is 2. The highest BCUT2D eigenvalue weighted by Crippen LogP contribution is 2.31. The zero-order chi connectivity index (χ0) is 16.4. The molecule has 4 nitrogen and oxygen atoms in total. The number of ether oxygens (including phenoxy) is 1. The van der Waals surface area contributed by atoms with Gasteiger partial charge in [0.25, 0.3) is 0 Å². The van der Waals surface area contributed by atoms with Gasteiger partial charge >= 0.3 is 5.97 Å². The average Bonchev–Trinajstić information content (AvgIpc) is 2.99. The molecule has 116 valence electrons. The van der Waals surface area contributed by atoms with Crippen LogP contribution in [0.15, 0.2) is 52.9 Å². The third-order valence-electron chi connectivity index (χ3n) is 3.82. The first-order chi connectivity index (χ1) is 11.2. The number of fused-ring (bicyclic) bond motifs is 1. The van der Waals surface area contributed by atoms with Crippen LogP contribution in [0.5, 0.6) is 0 Å². The lowest BCUT2D eigenvalue weighted by atomic mass is 10.0. The lowest BCUT2D eigenvalue weighted by Gasteiger charge is -1.99. The van der Waals surface area contributed by atoms with Crippen LogP contribution in [0.4, 0.5) is 0 Å². The van der Waals surface area contributed by atoms with Crippen molar-refractivity contribution in [3.05, 3.63) is 71.0 Å². The maximum Gasteiger partial charge on any atom is 0.341 e. The second-order valence-electron chi connectivity index (χ2n) is 5.13. The van der Waals surface area contributed by atoms with Crippen molar-refractivity contribution >= 4 is 22.7 Å². The molecule has 0 aliphatic heterocycles. The lowest BCUT2D eigenvalue weighted by molar-refractivity contribution is 0.0601. The minimum Gasteiger partial charge on any atom is -0.465 e. The van der Waals surface area contributed by atoms with Crippen LogP contribution < -0.4 is 0 Å². The number of hydrogen-bond donors (Lipinski definition) is 0. The zero-order valence-electron chi connectivity index (χ0n) is 13.0. The number of carbonyl (C=O) groups excluding carboxylic acids is 2. The molecule has 1 aromatic heterocycles. The fraction of sp³-hybridized carbons (Fsp3) is 0.158. The highest BCUT2D eigenvalue weighted by atomic mass is 16.5. The van der Waals surface area contributed by atoms with Crippen LogP contribution in [0.2, 0.25) is 0 Å². The summed E-state index contributed by atoms with van der Waals surface area (Å²) in [5.41, 5.74) is 2.09. The smallest absolute Gasteiger partial charge is 0.341 e. The zero-order valence-corrected chi connectivity index (χ0v) is 13.0. The molecule has 23 heavy (non-hydrogen) atoms. The molecule has 0 aliphatic rings. The summed E-state index contributed by atoms with van der Waals surface area (Å²) in [6.07, 6.45) is 0.630. The molecule has 0 atom stereocenters. The van der Waals surface area contributed by atoms with Crippen molar-refractivity contribution in [2.75, 3.05) is 7.11 Å². The minimum atomic E-state index is -0.481. The van der Waals surface area contributed by atoms with Crippen molar-refractivity contribution in [3.63, 3.8) is 0 Å². The number of ketones is 1. The normalized spacial score (nSPS) is 10.7. The number of hydrogen-bond acceptors (Lipinski definition) is 4. The van der Waals surface area contributed by atoms with E-state index in [-0.39, 0.29) is 11.5 Å². The van der Waals surface area contributed by atoms with E-state index in [1.54, 1.807) is 36.4 Å². The molecule has 2 aromatic carbocycles. The molecule has 0 aliphatic carbocycles. The van der Waals surface area contributed by atoms with E-state index in [9.17, 15) is 9.59 Å². The molecule has 3 aromatic rings. The maximum atomic E-state index is 12.7. The predicted molar refractivity (Wildman–Crippen MR) is 86.8 cm³/mol. The summed E-state index contributed by atoms with van der Waals surface area (Å²) in [4.78, 5) is 24.6. The largest absolute Gasteiger partial charge is 0.465 e. The van der Waals surface area contributed by atoms with E-state index in [2.05, 4.69) is 0 Å². The van der Waals surface area contributed by atoms with E-state index in [0.29, 0.717) is 23.1 Å². The van der Waals surface area contributed by atoms with E-state index >= 15 is 0 Å². The van der Waals surface area contributed by atoms with Crippen LogP contribution in [0, 0.1) is 0 Å². The molecule has 1 heterocycles. The van der Waals surface area contributed by atoms with Crippen molar-refractivity contribution in [2.45, 2.75) is 13.3 Å². The highest BCUT2D eigenvalue weighted by Gasteiger charge is 2.23. The van der Waals surface area contributed by atoms with Gasteiger partial charge in [0.1, 0.15) is 11.1 Å². The van der Waals surface area contributed by atoms with Crippen molar-refractivity contribution in [1.82, 2.24) is 0 Å². The quantitative estimate of drug-likeness (QED) is 0.540. The molecule has 0 fully saturated rings. The Balaban J connectivity index is 2.22. The van der Waals surface area contributed by atoms with Gasteiger partial charge in [0.05, 0.1) is 7.11 Å². The van der Waals surface area contributed by atoms with Gasteiger partial charge in [-0.2, -0.15) is 0 Å². The molecule has 4 heteroatoms. The second kappa shape index (κ2) is 6.08. The molecule has 0 N–H and O–H groups in total. The molecule has 0 radical (unpaired) electrons. The predicted octanol–water partition coefficient (Wildman–Crippen LogP) is 4.01. The number of methoxy groups -OCH3 is 1. The summed E-state index contributed by atoms with van der Waals surface area (Å²) in [5.74, 6) is -0.384. The van der Waals surface area contributed by atoms with E-state index in [0.717, 1.165) is 10.9 Å². The number of benzene rings is 2. The summed E-state index contributed by atoms with van der Waals surface area (Å²) in [6, 6.07) is 14.2. The van der Waals surface area contributed by atoms with E-state index in [1.807, 2.05) is 19.1 Å². The standard InChI is InChI=1S/C19H16O4/c1-3-13-14-10-7-11-15(19(21)22-2)17(14)23-18(13)16(20)12-8-5-4-6-9-12/h4-11H,3H2,1-2H3. The Morgan fingerprint density at radius 1 is 1.04 bits per heavy atom. The summed E-state index contributed by atoms with van der Waals surface area (Å²) in [6.45, 7) is 1.96. The molecule has 3 rings (SSSR count). The summed E-state index contributed by atoms with van der Waals surface area (Å²) >= 11 is 0. The van der Waals surface area contributed by atoms with Crippen LogP contribution in [0.25, 0.3) is 11.0 Å². The van der Waals surface area contributed by atoms with Crippen molar-refractivity contribution in [1.29, 1.82) is 0 Å². The molecule has 0 unspecified atom stereocenters. The molecular weight excluding hydrogens is 292 g/mol. The molecular formula is C19H16O4. The Morgan fingerprint density at radius 3 is 2.43 bits per heavy atom. The van der Waals surface area contributed by atoms with Gasteiger partial charge in [-0.1, -0.05) is 49.4 Å². The number of rotatable bonds is 4. The van der Waals surface area contributed by atoms with Gasteiger partial charge in [-0.25, -0.2) is 4.79 Å².